The molecule has 1 aliphatic rings. The zero-order chi connectivity index (χ0) is 18.5. The zero-order valence-corrected chi connectivity index (χ0v) is 16.6. The number of amides is 2. The smallest absolute Gasteiger partial charge is 0.317 e. The van der Waals surface area contributed by atoms with Crippen LogP contribution in [0.25, 0.3) is 0 Å². The number of rotatable bonds is 5. The van der Waals surface area contributed by atoms with Gasteiger partial charge in [-0.1, -0.05) is 38.1 Å². The topological polar surface area (TPSA) is 48.5 Å². The summed E-state index contributed by atoms with van der Waals surface area (Å²) in [5.74, 6) is 0.654. The average molecular weight is 373 g/mol. The molecule has 0 bridgehead atoms. The number of nitrogens with one attached hydrogen (secondary N) is 1. The summed E-state index contributed by atoms with van der Waals surface area (Å²) >= 11 is 1.65. The van der Waals surface area contributed by atoms with Crippen LogP contribution in [0.2, 0.25) is 0 Å². The summed E-state index contributed by atoms with van der Waals surface area (Å²) in [6, 6.07) is 8.62. The maximum absolute atomic E-state index is 12.6. The van der Waals surface area contributed by atoms with E-state index in [0.29, 0.717) is 5.92 Å². The highest BCUT2D eigenvalue weighted by atomic mass is 32.1. The van der Waals surface area contributed by atoms with Gasteiger partial charge in [-0.05, 0) is 30.4 Å². The second-order valence-corrected chi connectivity index (χ2v) is 8.17. The van der Waals surface area contributed by atoms with Crippen molar-refractivity contribution in [1.82, 2.24) is 15.2 Å². The van der Waals surface area contributed by atoms with Crippen LogP contribution in [-0.4, -0.2) is 42.1 Å². The van der Waals surface area contributed by atoms with E-state index < -0.39 is 0 Å². The largest absolute Gasteiger partial charge is 0.345 e. The number of hydrogen-bond donors (Lipinski definition) is 1. The van der Waals surface area contributed by atoms with Gasteiger partial charge in [0.1, 0.15) is 0 Å². The number of benzene rings is 1. The number of anilines is 1. The van der Waals surface area contributed by atoms with Gasteiger partial charge in [0.25, 0.3) is 0 Å². The summed E-state index contributed by atoms with van der Waals surface area (Å²) in [5.41, 5.74) is 2.49. The molecule has 1 aliphatic heterocycles. The number of urea groups is 1. The number of thiazole rings is 1. The molecule has 2 amide bonds. The van der Waals surface area contributed by atoms with Crippen molar-refractivity contribution in [2.45, 2.75) is 33.2 Å². The molecule has 0 aliphatic carbocycles. The van der Waals surface area contributed by atoms with Crippen molar-refractivity contribution in [1.29, 1.82) is 0 Å². The molecule has 1 aromatic carbocycles. The first kappa shape index (κ1) is 18.7. The fourth-order valence-electron chi connectivity index (χ4n) is 3.25. The highest BCUT2D eigenvalue weighted by Gasteiger charge is 2.23. The molecule has 5 nitrogen and oxygen atoms in total. The molecule has 0 spiro atoms. The van der Waals surface area contributed by atoms with E-state index in [4.69, 9.17) is 0 Å². The third-order valence-corrected chi connectivity index (χ3v) is 5.55. The molecule has 1 saturated heterocycles. The Morgan fingerprint density at radius 2 is 1.85 bits per heavy atom. The molecular formula is C20H28N4OS. The van der Waals surface area contributed by atoms with Gasteiger partial charge in [0, 0.05) is 37.8 Å². The highest BCUT2D eigenvalue weighted by Crippen LogP contribution is 2.20. The Hall–Kier alpha value is -2.08. The summed E-state index contributed by atoms with van der Waals surface area (Å²) in [5, 5.41) is 6.16. The minimum atomic E-state index is 0.00703. The molecule has 140 valence electrons. The van der Waals surface area contributed by atoms with Crippen LogP contribution in [0.3, 0.4) is 0 Å². The minimum Gasteiger partial charge on any atom is -0.345 e. The molecule has 0 saturated carbocycles. The predicted molar refractivity (Wildman–Crippen MR) is 108 cm³/mol. The van der Waals surface area contributed by atoms with Gasteiger partial charge in [-0.25, -0.2) is 9.78 Å². The third kappa shape index (κ3) is 4.75. The Morgan fingerprint density at radius 1 is 1.15 bits per heavy atom. The second-order valence-electron chi connectivity index (χ2n) is 7.30. The number of piperazine rings is 1. The van der Waals surface area contributed by atoms with Crippen LogP contribution in [0.1, 0.15) is 37.9 Å². The summed E-state index contributed by atoms with van der Waals surface area (Å²) in [6.07, 6.45) is 2.91. The van der Waals surface area contributed by atoms with Gasteiger partial charge in [-0.15, -0.1) is 11.3 Å². The van der Waals surface area contributed by atoms with E-state index in [1.807, 2.05) is 23.4 Å². The SMILES string of the molecule is CC(C)Cc1ccc(C(C)NC(=O)N2CCN(c3nccs3)CC2)cc1. The number of hydrogen-bond acceptors (Lipinski definition) is 4. The fraction of sp³-hybridized carbons (Fsp3) is 0.500. The Balaban J connectivity index is 1.50. The van der Waals surface area contributed by atoms with Crippen molar-refractivity contribution in [3.63, 3.8) is 0 Å². The highest BCUT2D eigenvalue weighted by molar-refractivity contribution is 7.13. The number of aromatic nitrogens is 1. The van der Waals surface area contributed by atoms with E-state index in [9.17, 15) is 4.79 Å². The monoisotopic (exact) mass is 372 g/mol. The van der Waals surface area contributed by atoms with Crippen LogP contribution in [0.4, 0.5) is 9.93 Å². The first-order valence-corrected chi connectivity index (χ1v) is 10.2. The molecule has 0 radical (unpaired) electrons. The van der Waals surface area contributed by atoms with E-state index in [-0.39, 0.29) is 12.1 Å². The first-order chi connectivity index (χ1) is 12.5. The normalized spacial score (nSPS) is 16.0. The molecular weight excluding hydrogens is 344 g/mol. The Bertz CT molecular complexity index is 691. The molecule has 1 atom stereocenters. The van der Waals surface area contributed by atoms with Crippen molar-refractivity contribution in [2.75, 3.05) is 31.1 Å². The lowest BCUT2D eigenvalue weighted by Crippen LogP contribution is -2.52. The fourth-order valence-corrected chi connectivity index (χ4v) is 3.94. The predicted octanol–water partition coefficient (Wildman–Crippen LogP) is 3.93. The van der Waals surface area contributed by atoms with Crippen LogP contribution >= 0.6 is 11.3 Å². The summed E-state index contributed by atoms with van der Waals surface area (Å²) in [6.45, 7) is 9.62. The van der Waals surface area contributed by atoms with Crippen molar-refractivity contribution in [2.24, 2.45) is 5.92 Å². The number of nitrogens with zero attached hydrogens (tertiary/aromatic N) is 3. The van der Waals surface area contributed by atoms with Crippen molar-refractivity contribution in [3.8, 4) is 0 Å². The minimum absolute atomic E-state index is 0.00703. The van der Waals surface area contributed by atoms with Gasteiger partial charge in [-0.2, -0.15) is 0 Å². The van der Waals surface area contributed by atoms with Crippen LogP contribution in [0, 0.1) is 5.92 Å². The van der Waals surface area contributed by atoms with Gasteiger partial charge in [0.05, 0.1) is 6.04 Å². The molecule has 2 aromatic rings. The maximum Gasteiger partial charge on any atom is 0.317 e. The van der Waals surface area contributed by atoms with Crippen molar-refractivity contribution < 1.29 is 4.79 Å². The standard InChI is InChI=1S/C20H28N4OS/c1-15(2)14-17-4-6-18(7-5-17)16(3)22-19(25)23-9-11-24(12-10-23)20-21-8-13-26-20/h4-8,13,15-16H,9-12,14H2,1-3H3,(H,22,25). The molecule has 1 fully saturated rings. The van der Waals surface area contributed by atoms with E-state index in [2.05, 4.69) is 53.3 Å². The second kappa shape index (κ2) is 8.54. The summed E-state index contributed by atoms with van der Waals surface area (Å²) in [4.78, 5) is 21.1. The van der Waals surface area contributed by atoms with Gasteiger partial charge in [0.2, 0.25) is 0 Å². The third-order valence-electron chi connectivity index (χ3n) is 4.72. The summed E-state index contributed by atoms with van der Waals surface area (Å²) < 4.78 is 0. The first-order valence-electron chi connectivity index (χ1n) is 9.31. The van der Waals surface area contributed by atoms with Crippen LogP contribution in [0.5, 0.6) is 0 Å². The van der Waals surface area contributed by atoms with Crippen molar-refractivity contribution >= 4 is 22.5 Å². The quantitative estimate of drug-likeness (QED) is 0.865. The van der Waals surface area contributed by atoms with E-state index >= 15 is 0 Å². The van der Waals surface area contributed by atoms with Crippen LogP contribution in [-0.2, 0) is 6.42 Å². The Labute approximate surface area is 160 Å². The van der Waals surface area contributed by atoms with Crippen molar-refractivity contribution in [3.05, 3.63) is 47.0 Å². The van der Waals surface area contributed by atoms with E-state index in [1.165, 1.54) is 5.56 Å². The molecule has 1 aromatic heterocycles. The van der Waals surface area contributed by atoms with Gasteiger partial charge < -0.3 is 15.1 Å². The average Bonchev–Trinajstić information content (AvgIpc) is 3.16. The lowest BCUT2D eigenvalue weighted by molar-refractivity contribution is 0.191. The lowest BCUT2D eigenvalue weighted by Gasteiger charge is -2.35. The zero-order valence-electron chi connectivity index (χ0n) is 15.8. The van der Waals surface area contributed by atoms with Crippen LogP contribution in [0.15, 0.2) is 35.8 Å². The summed E-state index contributed by atoms with van der Waals surface area (Å²) in [7, 11) is 0. The van der Waals surface area contributed by atoms with E-state index in [0.717, 1.165) is 43.3 Å². The molecule has 2 heterocycles. The lowest BCUT2D eigenvalue weighted by atomic mass is 10.00. The maximum atomic E-state index is 12.6. The van der Waals surface area contributed by atoms with E-state index in [1.54, 1.807) is 11.3 Å². The molecule has 3 rings (SSSR count). The Morgan fingerprint density at radius 3 is 2.42 bits per heavy atom. The van der Waals surface area contributed by atoms with Gasteiger partial charge in [0.15, 0.2) is 5.13 Å². The molecule has 1 N–H and O–H groups in total. The number of carbonyl (C=O) groups is 1. The molecule has 1 unspecified atom stereocenters. The van der Waals surface area contributed by atoms with Gasteiger partial charge >= 0.3 is 6.03 Å². The number of carbonyl (C=O) groups excluding carboxylic acids is 1. The van der Waals surface area contributed by atoms with Crippen LogP contribution < -0.4 is 10.2 Å². The van der Waals surface area contributed by atoms with Gasteiger partial charge in [-0.3, -0.25) is 0 Å². The Kier molecular flexibility index (Phi) is 6.14. The molecule has 6 heteroatoms. The molecule has 26 heavy (non-hydrogen) atoms.